The Morgan fingerprint density at radius 2 is 2.00 bits per heavy atom. The van der Waals surface area contributed by atoms with Gasteiger partial charge in [0.2, 0.25) is 0 Å². The summed E-state index contributed by atoms with van der Waals surface area (Å²) < 4.78 is 28.4. The first-order valence-electron chi connectivity index (χ1n) is 6.58. The highest BCUT2D eigenvalue weighted by atomic mass is 32.2. The van der Waals surface area contributed by atoms with E-state index in [0.717, 1.165) is 18.4 Å². The molecule has 5 nitrogen and oxygen atoms in total. The lowest BCUT2D eigenvalue weighted by Gasteiger charge is -2.22. The summed E-state index contributed by atoms with van der Waals surface area (Å²) in [6, 6.07) is 7.31. The highest BCUT2D eigenvalue weighted by Gasteiger charge is 2.20. The molecule has 108 valence electrons. The fourth-order valence-corrected chi connectivity index (χ4v) is 3.14. The van der Waals surface area contributed by atoms with Crippen LogP contribution in [0.15, 0.2) is 24.3 Å². The molecule has 6 heteroatoms. The molecule has 0 saturated carbocycles. The van der Waals surface area contributed by atoms with E-state index in [2.05, 4.69) is 4.72 Å². The molecule has 0 heterocycles. The summed E-state index contributed by atoms with van der Waals surface area (Å²) in [6.45, 7) is 5.19. The lowest BCUT2D eigenvalue weighted by Crippen LogP contribution is -2.41. The summed E-state index contributed by atoms with van der Waals surface area (Å²) in [5.74, 6) is 0. The summed E-state index contributed by atoms with van der Waals surface area (Å²) in [5.41, 5.74) is 7.26. The molecule has 0 bridgehead atoms. The van der Waals surface area contributed by atoms with Crippen molar-refractivity contribution in [1.29, 1.82) is 0 Å². The number of rotatable bonds is 8. The second-order valence-electron chi connectivity index (χ2n) is 4.48. The quantitative estimate of drug-likeness (QED) is 0.714. The van der Waals surface area contributed by atoms with Gasteiger partial charge in [-0.1, -0.05) is 26.0 Å². The van der Waals surface area contributed by atoms with E-state index < -0.39 is 10.2 Å². The molecule has 0 spiro atoms. The number of hydrogen-bond donors (Lipinski definition) is 2. The van der Waals surface area contributed by atoms with Gasteiger partial charge in [-0.3, -0.25) is 0 Å². The van der Waals surface area contributed by atoms with Crippen molar-refractivity contribution in [2.24, 2.45) is 0 Å². The van der Waals surface area contributed by atoms with Crippen LogP contribution in [0.3, 0.4) is 0 Å². The van der Waals surface area contributed by atoms with Crippen LogP contribution in [-0.2, 0) is 16.8 Å². The van der Waals surface area contributed by atoms with Crippen molar-refractivity contribution in [2.75, 3.05) is 18.8 Å². The second-order valence-corrected chi connectivity index (χ2v) is 6.23. The lowest BCUT2D eigenvalue weighted by atomic mass is 10.2. The maximum Gasteiger partial charge on any atom is 0.279 e. The van der Waals surface area contributed by atoms with Crippen molar-refractivity contribution in [2.45, 2.75) is 33.2 Å². The summed E-state index contributed by atoms with van der Waals surface area (Å²) in [5, 5.41) is 0. The molecule has 0 aliphatic heterocycles. The Kier molecular flexibility index (Phi) is 6.27. The van der Waals surface area contributed by atoms with Crippen molar-refractivity contribution in [3.63, 3.8) is 0 Å². The Bertz CT molecular complexity index is 488. The van der Waals surface area contributed by atoms with Crippen LogP contribution in [-0.4, -0.2) is 25.8 Å². The van der Waals surface area contributed by atoms with Crippen LogP contribution in [0.5, 0.6) is 0 Å². The van der Waals surface area contributed by atoms with Crippen LogP contribution in [0.2, 0.25) is 0 Å². The molecule has 0 saturated heterocycles. The first-order valence-corrected chi connectivity index (χ1v) is 8.02. The zero-order chi connectivity index (χ0) is 14.3. The van der Waals surface area contributed by atoms with Gasteiger partial charge in [0.15, 0.2) is 0 Å². The van der Waals surface area contributed by atoms with Crippen LogP contribution >= 0.6 is 0 Å². The minimum absolute atomic E-state index is 0.345. The molecule has 0 amide bonds. The van der Waals surface area contributed by atoms with E-state index in [0.29, 0.717) is 25.3 Å². The normalized spacial score (nSPS) is 11.9. The van der Waals surface area contributed by atoms with Crippen molar-refractivity contribution in [1.82, 2.24) is 9.03 Å². The standard InChI is InChI=1S/C13H23N3O2S/c1-3-8-15-19(17,18)16(9-4-2)11-12-6-5-7-13(14)10-12/h5-7,10,15H,3-4,8-9,11,14H2,1-2H3. The summed E-state index contributed by atoms with van der Waals surface area (Å²) in [7, 11) is -3.42. The molecule has 0 radical (unpaired) electrons. The van der Waals surface area contributed by atoms with E-state index in [1.165, 1.54) is 4.31 Å². The highest BCUT2D eigenvalue weighted by molar-refractivity contribution is 7.87. The molecule has 19 heavy (non-hydrogen) atoms. The summed E-state index contributed by atoms with van der Waals surface area (Å²) in [6.07, 6.45) is 1.55. The molecule has 0 fully saturated rings. The van der Waals surface area contributed by atoms with Crippen molar-refractivity contribution in [3.05, 3.63) is 29.8 Å². The second kappa shape index (κ2) is 7.47. The molecule has 1 rings (SSSR count). The number of nitrogens with zero attached hydrogens (tertiary/aromatic N) is 1. The molecule has 3 N–H and O–H groups in total. The van der Waals surface area contributed by atoms with Crippen LogP contribution in [0, 0.1) is 0 Å². The smallest absolute Gasteiger partial charge is 0.279 e. The third kappa shape index (κ3) is 5.18. The Labute approximate surface area is 116 Å². The van der Waals surface area contributed by atoms with Crippen LogP contribution in [0.4, 0.5) is 5.69 Å². The molecule has 1 aromatic rings. The van der Waals surface area contributed by atoms with Crippen molar-refractivity contribution >= 4 is 15.9 Å². The third-order valence-corrected chi connectivity index (χ3v) is 4.22. The Morgan fingerprint density at radius 1 is 1.26 bits per heavy atom. The van der Waals surface area contributed by atoms with Gasteiger partial charge in [-0.05, 0) is 30.5 Å². The van der Waals surface area contributed by atoms with E-state index in [-0.39, 0.29) is 0 Å². The minimum atomic E-state index is -3.42. The van der Waals surface area contributed by atoms with E-state index >= 15 is 0 Å². The van der Waals surface area contributed by atoms with Gasteiger partial charge < -0.3 is 5.73 Å². The van der Waals surface area contributed by atoms with Gasteiger partial charge in [0, 0.05) is 25.3 Å². The first kappa shape index (κ1) is 15.9. The van der Waals surface area contributed by atoms with E-state index in [9.17, 15) is 8.42 Å². The monoisotopic (exact) mass is 285 g/mol. The maximum atomic E-state index is 12.2. The zero-order valence-corrected chi connectivity index (χ0v) is 12.4. The van der Waals surface area contributed by atoms with Gasteiger partial charge >= 0.3 is 0 Å². The molecular weight excluding hydrogens is 262 g/mol. The number of nitrogens with one attached hydrogen (secondary N) is 1. The van der Waals surface area contributed by atoms with Gasteiger partial charge in [-0.25, -0.2) is 4.72 Å². The lowest BCUT2D eigenvalue weighted by molar-refractivity contribution is 0.397. The highest BCUT2D eigenvalue weighted by Crippen LogP contribution is 2.12. The van der Waals surface area contributed by atoms with E-state index in [1.54, 1.807) is 12.1 Å². The minimum Gasteiger partial charge on any atom is -0.399 e. The van der Waals surface area contributed by atoms with E-state index in [4.69, 9.17) is 5.73 Å². The molecule has 0 unspecified atom stereocenters. The van der Waals surface area contributed by atoms with Gasteiger partial charge in [0.1, 0.15) is 0 Å². The summed E-state index contributed by atoms with van der Waals surface area (Å²) >= 11 is 0. The number of nitrogen functional groups attached to an aromatic ring is 1. The Hall–Kier alpha value is -1.11. The van der Waals surface area contributed by atoms with Crippen LogP contribution < -0.4 is 10.5 Å². The van der Waals surface area contributed by atoms with Crippen molar-refractivity contribution < 1.29 is 8.42 Å². The van der Waals surface area contributed by atoms with Crippen LogP contribution in [0.25, 0.3) is 0 Å². The first-order chi connectivity index (χ1) is 8.99. The molecule has 0 atom stereocenters. The van der Waals surface area contributed by atoms with Gasteiger partial charge in [0.05, 0.1) is 0 Å². The van der Waals surface area contributed by atoms with Crippen molar-refractivity contribution in [3.8, 4) is 0 Å². The third-order valence-electron chi connectivity index (χ3n) is 2.66. The molecule has 0 aliphatic rings. The fourth-order valence-electron chi connectivity index (χ4n) is 1.75. The average molecular weight is 285 g/mol. The number of anilines is 1. The fraction of sp³-hybridized carbons (Fsp3) is 0.538. The number of hydrogen-bond acceptors (Lipinski definition) is 3. The largest absolute Gasteiger partial charge is 0.399 e. The summed E-state index contributed by atoms with van der Waals surface area (Å²) in [4.78, 5) is 0. The average Bonchev–Trinajstić information content (AvgIpc) is 2.36. The zero-order valence-electron chi connectivity index (χ0n) is 11.6. The van der Waals surface area contributed by atoms with Crippen LogP contribution in [0.1, 0.15) is 32.3 Å². The van der Waals surface area contributed by atoms with Gasteiger partial charge in [0.25, 0.3) is 10.2 Å². The Morgan fingerprint density at radius 3 is 2.58 bits per heavy atom. The molecule has 1 aromatic carbocycles. The SMILES string of the molecule is CCCNS(=O)(=O)N(CCC)Cc1cccc(N)c1. The molecular formula is C13H23N3O2S. The predicted octanol–water partition coefficient (Wildman–Crippen LogP) is 1.73. The number of benzene rings is 1. The predicted molar refractivity (Wildman–Crippen MR) is 78.8 cm³/mol. The van der Waals surface area contributed by atoms with Gasteiger partial charge in [-0.15, -0.1) is 0 Å². The molecule has 0 aromatic heterocycles. The molecule has 0 aliphatic carbocycles. The van der Waals surface area contributed by atoms with E-state index in [1.807, 2.05) is 26.0 Å². The Balaban J connectivity index is 2.83. The topological polar surface area (TPSA) is 75.4 Å². The maximum absolute atomic E-state index is 12.2. The van der Waals surface area contributed by atoms with Gasteiger partial charge in [-0.2, -0.15) is 12.7 Å². The number of nitrogens with two attached hydrogens (primary N) is 1.